The maximum absolute atomic E-state index is 12.4. The number of carbonyl (C=O) groups excluding carboxylic acids is 1. The molecule has 2 rings (SSSR count). The lowest BCUT2D eigenvalue weighted by atomic mass is 10.2. The maximum atomic E-state index is 12.4. The number of aromatic nitrogens is 3. The van der Waals surface area contributed by atoms with Crippen LogP contribution in [0.4, 0.5) is 5.82 Å². The highest BCUT2D eigenvalue weighted by Gasteiger charge is 2.14. The SMILES string of the molecule is CCN(CC)c1cnc(C(=O)N(C)CCc2ccncc2)cn1. The molecule has 0 fully saturated rings. The lowest BCUT2D eigenvalue weighted by molar-refractivity contribution is 0.0790. The van der Waals surface area contributed by atoms with E-state index in [0.717, 1.165) is 30.9 Å². The highest BCUT2D eigenvalue weighted by Crippen LogP contribution is 2.09. The third kappa shape index (κ3) is 4.48. The van der Waals surface area contributed by atoms with Crippen LogP contribution >= 0.6 is 0 Å². The fourth-order valence-electron chi connectivity index (χ4n) is 2.29. The molecule has 1 amide bonds. The van der Waals surface area contributed by atoms with Gasteiger partial charge in [0.15, 0.2) is 0 Å². The minimum atomic E-state index is -0.113. The van der Waals surface area contributed by atoms with Gasteiger partial charge in [-0.05, 0) is 38.0 Å². The van der Waals surface area contributed by atoms with Crippen LogP contribution in [-0.4, -0.2) is 52.4 Å². The lowest BCUT2D eigenvalue weighted by Gasteiger charge is -2.20. The second-order valence-corrected chi connectivity index (χ2v) is 5.26. The van der Waals surface area contributed by atoms with Gasteiger partial charge in [-0.25, -0.2) is 9.97 Å². The predicted octanol–water partition coefficient (Wildman–Crippen LogP) is 2.03. The monoisotopic (exact) mass is 313 g/mol. The molecule has 122 valence electrons. The van der Waals surface area contributed by atoms with E-state index in [1.54, 1.807) is 36.7 Å². The maximum Gasteiger partial charge on any atom is 0.273 e. The highest BCUT2D eigenvalue weighted by molar-refractivity contribution is 5.91. The Morgan fingerprint density at radius 2 is 1.78 bits per heavy atom. The molecule has 0 aliphatic carbocycles. The number of anilines is 1. The minimum absolute atomic E-state index is 0.113. The fourth-order valence-corrected chi connectivity index (χ4v) is 2.29. The van der Waals surface area contributed by atoms with E-state index in [0.29, 0.717) is 12.2 Å². The molecule has 6 nitrogen and oxygen atoms in total. The van der Waals surface area contributed by atoms with Gasteiger partial charge in [-0.15, -0.1) is 0 Å². The summed E-state index contributed by atoms with van der Waals surface area (Å²) in [5.74, 6) is 0.684. The molecule has 0 atom stereocenters. The first-order valence-electron chi connectivity index (χ1n) is 7.87. The van der Waals surface area contributed by atoms with Crippen LogP contribution in [0.2, 0.25) is 0 Å². The van der Waals surface area contributed by atoms with E-state index in [1.165, 1.54) is 0 Å². The Hall–Kier alpha value is -2.50. The van der Waals surface area contributed by atoms with Gasteiger partial charge in [0.25, 0.3) is 5.91 Å². The van der Waals surface area contributed by atoms with E-state index in [9.17, 15) is 4.79 Å². The molecule has 0 unspecified atom stereocenters. The Morgan fingerprint density at radius 1 is 1.09 bits per heavy atom. The zero-order chi connectivity index (χ0) is 16.7. The third-order valence-corrected chi connectivity index (χ3v) is 3.78. The molecule has 0 bridgehead atoms. The molecule has 0 spiro atoms. The van der Waals surface area contributed by atoms with Gasteiger partial charge in [-0.2, -0.15) is 0 Å². The van der Waals surface area contributed by atoms with Gasteiger partial charge in [-0.1, -0.05) is 0 Å². The van der Waals surface area contributed by atoms with Crippen molar-refractivity contribution in [3.63, 3.8) is 0 Å². The quantitative estimate of drug-likeness (QED) is 0.783. The number of rotatable bonds is 7. The molecule has 0 saturated heterocycles. The minimum Gasteiger partial charge on any atom is -0.356 e. The van der Waals surface area contributed by atoms with Crippen molar-refractivity contribution in [3.05, 3.63) is 48.2 Å². The second-order valence-electron chi connectivity index (χ2n) is 5.26. The summed E-state index contributed by atoms with van der Waals surface area (Å²) in [7, 11) is 1.78. The zero-order valence-corrected chi connectivity index (χ0v) is 13.9. The van der Waals surface area contributed by atoms with E-state index in [2.05, 4.69) is 33.7 Å². The van der Waals surface area contributed by atoms with Crippen LogP contribution in [0.25, 0.3) is 0 Å². The van der Waals surface area contributed by atoms with Crippen LogP contribution < -0.4 is 4.90 Å². The number of hydrogen-bond acceptors (Lipinski definition) is 5. The van der Waals surface area contributed by atoms with E-state index in [-0.39, 0.29) is 5.91 Å². The first kappa shape index (κ1) is 16.9. The van der Waals surface area contributed by atoms with Crippen LogP contribution in [0, 0.1) is 0 Å². The molecule has 0 radical (unpaired) electrons. The van der Waals surface area contributed by atoms with Gasteiger partial charge >= 0.3 is 0 Å². The topological polar surface area (TPSA) is 62.2 Å². The number of hydrogen-bond donors (Lipinski definition) is 0. The molecule has 6 heteroatoms. The van der Waals surface area contributed by atoms with Crippen molar-refractivity contribution < 1.29 is 4.79 Å². The van der Waals surface area contributed by atoms with E-state index in [4.69, 9.17) is 0 Å². The normalized spacial score (nSPS) is 10.4. The van der Waals surface area contributed by atoms with Crippen molar-refractivity contribution in [1.29, 1.82) is 0 Å². The number of likely N-dealkylation sites (N-methyl/N-ethyl adjacent to an activating group) is 1. The van der Waals surface area contributed by atoms with Crippen LogP contribution in [0.5, 0.6) is 0 Å². The van der Waals surface area contributed by atoms with Crippen molar-refractivity contribution in [1.82, 2.24) is 19.9 Å². The highest BCUT2D eigenvalue weighted by atomic mass is 16.2. The first-order chi connectivity index (χ1) is 11.2. The summed E-state index contributed by atoms with van der Waals surface area (Å²) in [6, 6.07) is 3.91. The molecule has 0 aliphatic heterocycles. The van der Waals surface area contributed by atoms with Crippen LogP contribution in [-0.2, 0) is 6.42 Å². The summed E-state index contributed by atoms with van der Waals surface area (Å²) in [4.78, 5) is 28.7. The fraction of sp³-hybridized carbons (Fsp3) is 0.412. The van der Waals surface area contributed by atoms with E-state index < -0.39 is 0 Å². The molecule has 2 aromatic heterocycles. The van der Waals surface area contributed by atoms with Crippen molar-refractivity contribution >= 4 is 11.7 Å². The van der Waals surface area contributed by atoms with Crippen LogP contribution in [0.15, 0.2) is 36.9 Å². The Kier molecular flexibility index (Phi) is 6.02. The molecule has 0 aromatic carbocycles. The number of nitrogens with zero attached hydrogens (tertiary/aromatic N) is 5. The molecule has 23 heavy (non-hydrogen) atoms. The summed E-state index contributed by atoms with van der Waals surface area (Å²) in [6.45, 7) is 6.49. The second kappa shape index (κ2) is 8.22. The van der Waals surface area contributed by atoms with Crippen molar-refractivity contribution in [2.45, 2.75) is 20.3 Å². The lowest BCUT2D eigenvalue weighted by Crippen LogP contribution is -2.30. The average molecular weight is 313 g/mol. The predicted molar refractivity (Wildman–Crippen MR) is 90.5 cm³/mol. The smallest absolute Gasteiger partial charge is 0.273 e. The van der Waals surface area contributed by atoms with E-state index in [1.807, 2.05) is 12.1 Å². The van der Waals surface area contributed by atoms with Gasteiger partial charge in [-0.3, -0.25) is 9.78 Å². The molecule has 0 N–H and O–H groups in total. The number of amides is 1. The standard InChI is InChI=1S/C17H23N5O/c1-4-22(5-2)16-13-19-15(12-20-16)17(23)21(3)11-8-14-6-9-18-10-7-14/h6-7,9-10,12-13H,4-5,8,11H2,1-3H3. The van der Waals surface area contributed by atoms with Gasteiger partial charge in [0, 0.05) is 39.1 Å². The van der Waals surface area contributed by atoms with Crippen molar-refractivity contribution in [3.8, 4) is 0 Å². The largest absolute Gasteiger partial charge is 0.356 e. The Morgan fingerprint density at radius 3 is 2.35 bits per heavy atom. The van der Waals surface area contributed by atoms with Gasteiger partial charge in [0.2, 0.25) is 0 Å². The number of pyridine rings is 1. The molecule has 0 aliphatic rings. The molecule has 2 heterocycles. The summed E-state index contributed by atoms with van der Waals surface area (Å²) < 4.78 is 0. The number of carbonyl (C=O) groups is 1. The average Bonchev–Trinajstić information content (AvgIpc) is 2.61. The van der Waals surface area contributed by atoms with Gasteiger partial charge in [0.05, 0.1) is 12.4 Å². The van der Waals surface area contributed by atoms with E-state index >= 15 is 0 Å². The third-order valence-electron chi connectivity index (χ3n) is 3.78. The Labute approximate surface area is 137 Å². The summed E-state index contributed by atoms with van der Waals surface area (Å²) >= 11 is 0. The Balaban J connectivity index is 1.96. The Bertz CT molecular complexity index is 611. The van der Waals surface area contributed by atoms with Gasteiger partial charge < -0.3 is 9.80 Å². The van der Waals surface area contributed by atoms with Crippen LogP contribution in [0.3, 0.4) is 0 Å². The van der Waals surface area contributed by atoms with Gasteiger partial charge in [0.1, 0.15) is 11.5 Å². The molecular weight excluding hydrogens is 290 g/mol. The summed E-state index contributed by atoms with van der Waals surface area (Å²) in [5.41, 5.74) is 1.53. The molecule has 0 saturated carbocycles. The molecular formula is C17H23N5O. The van der Waals surface area contributed by atoms with Crippen molar-refractivity contribution in [2.24, 2.45) is 0 Å². The zero-order valence-electron chi connectivity index (χ0n) is 13.9. The van der Waals surface area contributed by atoms with Crippen LogP contribution in [0.1, 0.15) is 29.9 Å². The first-order valence-corrected chi connectivity index (χ1v) is 7.87. The van der Waals surface area contributed by atoms with Crippen molar-refractivity contribution in [2.75, 3.05) is 31.6 Å². The summed E-state index contributed by atoms with van der Waals surface area (Å²) in [5, 5.41) is 0. The summed E-state index contributed by atoms with van der Waals surface area (Å²) in [6.07, 6.45) is 7.52. The molecule has 2 aromatic rings.